The van der Waals surface area contributed by atoms with E-state index in [4.69, 9.17) is 10.00 Å². The molecule has 1 unspecified atom stereocenters. The second-order valence-corrected chi connectivity index (χ2v) is 4.45. The van der Waals surface area contributed by atoms with Crippen LogP contribution in [-0.2, 0) is 0 Å². The molecule has 0 heterocycles. The normalized spacial score (nSPS) is 12.2. The van der Waals surface area contributed by atoms with Crippen LogP contribution in [0.3, 0.4) is 0 Å². The van der Waals surface area contributed by atoms with E-state index in [0.29, 0.717) is 19.1 Å². The van der Waals surface area contributed by atoms with E-state index in [1.54, 1.807) is 0 Å². The lowest BCUT2D eigenvalue weighted by molar-refractivity contribution is 0.294. The van der Waals surface area contributed by atoms with Crippen molar-refractivity contribution in [1.29, 1.82) is 5.26 Å². The highest BCUT2D eigenvalue weighted by Crippen LogP contribution is 2.11. The highest BCUT2D eigenvalue weighted by molar-refractivity contribution is 5.26. The number of hydrogen-bond acceptors (Lipinski definition) is 3. The van der Waals surface area contributed by atoms with E-state index in [9.17, 15) is 0 Å². The lowest BCUT2D eigenvalue weighted by atomic mass is 10.2. The summed E-state index contributed by atoms with van der Waals surface area (Å²) >= 11 is 0. The number of hydrogen-bond donors (Lipinski definition) is 1. The molecule has 0 radical (unpaired) electrons. The number of benzene rings is 1. The maximum Gasteiger partial charge on any atom is 0.119 e. The van der Waals surface area contributed by atoms with Crippen molar-refractivity contribution in [2.75, 3.05) is 6.61 Å². The number of rotatable bonds is 6. The SMILES string of the molecule is Cc1ccc(OCCC(C#N)NC(C)C)cc1. The minimum absolute atomic E-state index is 0.138. The number of nitrogens with zero attached hydrogens (tertiary/aromatic N) is 1. The predicted octanol–water partition coefficient (Wildman–Crippen LogP) is 2.65. The minimum atomic E-state index is -0.138. The summed E-state index contributed by atoms with van der Waals surface area (Å²) in [5.41, 5.74) is 1.22. The quantitative estimate of drug-likeness (QED) is 0.820. The summed E-state index contributed by atoms with van der Waals surface area (Å²) in [6.07, 6.45) is 0.697. The summed E-state index contributed by atoms with van der Waals surface area (Å²) in [4.78, 5) is 0. The van der Waals surface area contributed by atoms with Gasteiger partial charge in [0.05, 0.1) is 18.7 Å². The van der Waals surface area contributed by atoms with Gasteiger partial charge in [-0.2, -0.15) is 5.26 Å². The zero-order chi connectivity index (χ0) is 12.7. The summed E-state index contributed by atoms with van der Waals surface area (Å²) in [5.74, 6) is 0.858. The average molecular weight is 232 g/mol. The first-order valence-corrected chi connectivity index (χ1v) is 5.97. The standard InChI is InChI=1S/C14H20N2O/c1-11(2)16-13(10-15)8-9-17-14-6-4-12(3)5-7-14/h4-7,11,13,16H,8-9H2,1-3H3. The van der Waals surface area contributed by atoms with Crippen molar-refractivity contribution in [3.63, 3.8) is 0 Å². The van der Waals surface area contributed by atoms with Gasteiger partial charge in [0.15, 0.2) is 0 Å². The maximum atomic E-state index is 8.94. The number of aryl methyl sites for hydroxylation is 1. The summed E-state index contributed by atoms with van der Waals surface area (Å²) in [7, 11) is 0. The van der Waals surface area contributed by atoms with Gasteiger partial charge in [0.1, 0.15) is 5.75 Å². The zero-order valence-electron chi connectivity index (χ0n) is 10.7. The Hall–Kier alpha value is -1.53. The Morgan fingerprint density at radius 2 is 1.94 bits per heavy atom. The Labute approximate surface area is 103 Å². The molecular weight excluding hydrogens is 212 g/mol. The fourth-order valence-corrected chi connectivity index (χ4v) is 1.52. The van der Waals surface area contributed by atoms with Crippen LogP contribution in [0.1, 0.15) is 25.8 Å². The average Bonchev–Trinajstić information content (AvgIpc) is 2.30. The van der Waals surface area contributed by atoms with Crippen molar-refractivity contribution in [3.8, 4) is 11.8 Å². The van der Waals surface area contributed by atoms with Gasteiger partial charge in [0.25, 0.3) is 0 Å². The fourth-order valence-electron chi connectivity index (χ4n) is 1.52. The van der Waals surface area contributed by atoms with Crippen molar-refractivity contribution in [1.82, 2.24) is 5.32 Å². The van der Waals surface area contributed by atoms with Crippen LogP contribution >= 0.6 is 0 Å². The highest BCUT2D eigenvalue weighted by atomic mass is 16.5. The number of nitrogens with one attached hydrogen (secondary N) is 1. The van der Waals surface area contributed by atoms with E-state index in [0.717, 1.165) is 5.75 Å². The largest absolute Gasteiger partial charge is 0.493 e. The molecule has 0 bridgehead atoms. The van der Waals surface area contributed by atoms with Gasteiger partial charge in [-0.1, -0.05) is 17.7 Å². The molecule has 0 spiro atoms. The molecule has 0 aliphatic carbocycles. The van der Waals surface area contributed by atoms with Gasteiger partial charge < -0.3 is 4.74 Å². The smallest absolute Gasteiger partial charge is 0.119 e. The van der Waals surface area contributed by atoms with Crippen LogP contribution in [0.5, 0.6) is 5.75 Å². The molecule has 0 amide bonds. The molecule has 1 aromatic carbocycles. The topological polar surface area (TPSA) is 45.0 Å². The van der Waals surface area contributed by atoms with Crippen LogP contribution in [0.4, 0.5) is 0 Å². The molecule has 0 aliphatic heterocycles. The van der Waals surface area contributed by atoms with Crippen LogP contribution in [0.15, 0.2) is 24.3 Å². The Balaban J connectivity index is 2.31. The summed E-state index contributed by atoms with van der Waals surface area (Å²) < 4.78 is 5.58. The van der Waals surface area contributed by atoms with Crippen LogP contribution in [-0.4, -0.2) is 18.7 Å². The highest BCUT2D eigenvalue weighted by Gasteiger charge is 2.08. The van der Waals surface area contributed by atoms with E-state index < -0.39 is 0 Å². The molecule has 92 valence electrons. The lowest BCUT2D eigenvalue weighted by Crippen LogP contribution is -2.34. The van der Waals surface area contributed by atoms with Crippen molar-refractivity contribution in [2.45, 2.75) is 39.3 Å². The van der Waals surface area contributed by atoms with Crippen LogP contribution in [0.25, 0.3) is 0 Å². The van der Waals surface area contributed by atoms with E-state index in [1.165, 1.54) is 5.56 Å². The molecule has 17 heavy (non-hydrogen) atoms. The summed E-state index contributed by atoms with van der Waals surface area (Å²) in [6.45, 7) is 6.67. The first-order valence-electron chi connectivity index (χ1n) is 5.97. The Kier molecular flexibility index (Phi) is 5.51. The van der Waals surface area contributed by atoms with Crippen molar-refractivity contribution in [3.05, 3.63) is 29.8 Å². The molecule has 0 aliphatic rings. The molecule has 1 aromatic rings. The van der Waals surface area contributed by atoms with Gasteiger partial charge in [-0.25, -0.2) is 0 Å². The molecule has 3 nitrogen and oxygen atoms in total. The molecule has 0 fully saturated rings. The molecule has 0 aromatic heterocycles. The predicted molar refractivity (Wildman–Crippen MR) is 69.0 cm³/mol. The van der Waals surface area contributed by atoms with Crippen molar-refractivity contribution >= 4 is 0 Å². The summed E-state index contributed by atoms with van der Waals surface area (Å²) in [5, 5.41) is 12.1. The molecule has 1 atom stereocenters. The van der Waals surface area contributed by atoms with E-state index in [-0.39, 0.29) is 6.04 Å². The first kappa shape index (κ1) is 13.5. The second-order valence-electron chi connectivity index (χ2n) is 4.45. The van der Waals surface area contributed by atoms with E-state index in [2.05, 4.69) is 11.4 Å². The Morgan fingerprint density at radius 1 is 1.29 bits per heavy atom. The molecule has 1 N–H and O–H groups in total. The summed E-state index contributed by atoms with van der Waals surface area (Å²) in [6, 6.07) is 10.4. The molecule has 0 saturated carbocycles. The maximum absolute atomic E-state index is 8.94. The second kappa shape index (κ2) is 6.93. The Morgan fingerprint density at radius 3 is 2.47 bits per heavy atom. The number of nitriles is 1. The third kappa shape index (κ3) is 5.37. The van der Waals surface area contributed by atoms with Gasteiger partial charge in [0.2, 0.25) is 0 Å². The van der Waals surface area contributed by atoms with Crippen molar-refractivity contribution in [2.24, 2.45) is 0 Å². The molecule has 0 saturated heterocycles. The van der Waals surface area contributed by atoms with Gasteiger partial charge in [-0.05, 0) is 32.9 Å². The van der Waals surface area contributed by atoms with Gasteiger partial charge in [-0.3, -0.25) is 5.32 Å². The third-order valence-electron chi connectivity index (χ3n) is 2.39. The monoisotopic (exact) mass is 232 g/mol. The minimum Gasteiger partial charge on any atom is -0.493 e. The van der Waals surface area contributed by atoms with Crippen LogP contribution < -0.4 is 10.1 Å². The Bertz CT molecular complexity index is 365. The molecule has 3 heteroatoms. The van der Waals surface area contributed by atoms with E-state index >= 15 is 0 Å². The first-order chi connectivity index (χ1) is 8.11. The van der Waals surface area contributed by atoms with Crippen LogP contribution in [0, 0.1) is 18.3 Å². The fraction of sp³-hybridized carbons (Fsp3) is 0.500. The van der Waals surface area contributed by atoms with Gasteiger partial charge >= 0.3 is 0 Å². The van der Waals surface area contributed by atoms with Gasteiger partial charge in [0, 0.05) is 12.5 Å². The van der Waals surface area contributed by atoms with Gasteiger partial charge in [-0.15, -0.1) is 0 Å². The zero-order valence-corrected chi connectivity index (χ0v) is 10.7. The number of ether oxygens (including phenoxy) is 1. The molecular formula is C14H20N2O. The third-order valence-corrected chi connectivity index (χ3v) is 2.39. The van der Waals surface area contributed by atoms with E-state index in [1.807, 2.05) is 45.0 Å². The van der Waals surface area contributed by atoms with Crippen LogP contribution in [0.2, 0.25) is 0 Å². The molecule has 1 rings (SSSR count). The van der Waals surface area contributed by atoms with Crippen molar-refractivity contribution < 1.29 is 4.74 Å². The lowest BCUT2D eigenvalue weighted by Gasteiger charge is -2.14.